The molecule has 1 N–H and O–H groups in total. The summed E-state index contributed by atoms with van der Waals surface area (Å²) in [5.74, 6) is 1.08. The molecule has 0 bridgehead atoms. The van der Waals surface area contributed by atoms with Crippen LogP contribution in [0.3, 0.4) is 0 Å². The average molecular weight is 487 g/mol. The molecule has 1 saturated heterocycles. The summed E-state index contributed by atoms with van der Waals surface area (Å²) in [4.78, 5) is 42.3. The SMILES string of the molecule is C=CC(=O)N1CCC2(CC(n3c(NC(=O)c4ccc(C5=NCC(C)=N5)s4)nc4ccccc43)C2)C1. The second-order valence-corrected chi connectivity index (χ2v) is 10.8. The summed E-state index contributed by atoms with van der Waals surface area (Å²) in [5.41, 5.74) is 2.98. The molecule has 1 saturated carbocycles. The molecule has 2 aliphatic heterocycles. The molecule has 8 nitrogen and oxygen atoms in total. The van der Waals surface area contributed by atoms with Crippen molar-refractivity contribution in [1.29, 1.82) is 0 Å². The lowest BCUT2D eigenvalue weighted by atomic mass is 9.65. The molecule has 1 spiro atoms. The lowest BCUT2D eigenvalue weighted by Crippen LogP contribution is -2.42. The smallest absolute Gasteiger partial charge is 0.268 e. The number of benzene rings is 1. The van der Waals surface area contributed by atoms with E-state index >= 15 is 0 Å². The van der Waals surface area contributed by atoms with Crippen molar-refractivity contribution >= 4 is 51.7 Å². The number of nitrogens with one attached hydrogen (secondary N) is 1. The average Bonchev–Trinajstić information content (AvgIpc) is 3.61. The minimum atomic E-state index is -0.185. The van der Waals surface area contributed by atoms with Gasteiger partial charge in [-0.15, -0.1) is 11.3 Å². The molecule has 2 amide bonds. The molecule has 0 atom stereocenters. The van der Waals surface area contributed by atoms with E-state index in [1.165, 1.54) is 17.4 Å². The number of carbonyl (C=O) groups is 2. The van der Waals surface area contributed by atoms with Crippen molar-refractivity contribution in [3.05, 3.63) is 58.8 Å². The molecule has 1 aliphatic carbocycles. The van der Waals surface area contributed by atoms with Crippen molar-refractivity contribution in [2.24, 2.45) is 15.4 Å². The molecular weight excluding hydrogens is 460 g/mol. The molecule has 0 unspecified atom stereocenters. The number of rotatable bonds is 5. The summed E-state index contributed by atoms with van der Waals surface area (Å²) in [7, 11) is 0. The molecule has 4 heterocycles. The molecule has 3 aromatic rings. The first-order chi connectivity index (χ1) is 16.9. The molecule has 2 fully saturated rings. The van der Waals surface area contributed by atoms with Crippen LogP contribution >= 0.6 is 11.3 Å². The molecule has 9 heteroatoms. The quantitative estimate of drug-likeness (QED) is 0.545. The molecule has 6 rings (SSSR count). The van der Waals surface area contributed by atoms with E-state index in [-0.39, 0.29) is 23.3 Å². The van der Waals surface area contributed by atoms with Gasteiger partial charge in [0.2, 0.25) is 11.9 Å². The Kier molecular flexibility index (Phi) is 5.17. The second kappa shape index (κ2) is 8.27. The Hall–Kier alpha value is -3.59. The fourth-order valence-corrected chi connectivity index (χ4v) is 6.38. The van der Waals surface area contributed by atoms with Crippen LogP contribution in [-0.4, -0.2) is 57.4 Å². The third kappa shape index (κ3) is 3.80. The van der Waals surface area contributed by atoms with E-state index in [9.17, 15) is 9.59 Å². The van der Waals surface area contributed by atoms with Gasteiger partial charge in [0.25, 0.3) is 5.91 Å². The highest BCUT2D eigenvalue weighted by molar-refractivity contribution is 7.16. The maximum atomic E-state index is 13.2. The molecule has 0 radical (unpaired) electrons. The Bertz CT molecular complexity index is 1420. The Morgan fingerprint density at radius 3 is 2.83 bits per heavy atom. The number of fused-ring (bicyclic) bond motifs is 1. The van der Waals surface area contributed by atoms with Crippen molar-refractivity contribution in [3.63, 3.8) is 0 Å². The number of amidine groups is 1. The Morgan fingerprint density at radius 1 is 1.23 bits per heavy atom. The fourth-order valence-electron chi connectivity index (χ4n) is 5.53. The maximum Gasteiger partial charge on any atom is 0.268 e. The van der Waals surface area contributed by atoms with Gasteiger partial charge >= 0.3 is 0 Å². The number of hydrogen-bond acceptors (Lipinski definition) is 6. The fraction of sp³-hybridized carbons (Fsp3) is 0.346. The summed E-state index contributed by atoms with van der Waals surface area (Å²) >= 11 is 1.39. The van der Waals surface area contributed by atoms with Crippen molar-refractivity contribution in [1.82, 2.24) is 14.5 Å². The first-order valence-corrected chi connectivity index (χ1v) is 12.6. The van der Waals surface area contributed by atoms with E-state index in [2.05, 4.69) is 26.4 Å². The molecule has 2 aromatic heterocycles. The van der Waals surface area contributed by atoms with Crippen molar-refractivity contribution in [2.45, 2.75) is 32.2 Å². The van der Waals surface area contributed by atoms with Crippen LogP contribution in [0.1, 0.15) is 46.8 Å². The standard InChI is InChI=1S/C26H26N6O2S/c1-3-22(33)31-11-10-26(15-31)12-17(13-26)32-19-7-5-4-6-18(19)29-25(32)30-24(34)21-9-8-20(35-21)23-27-14-16(2)28-23/h3-9,17H,1,10-15H2,2H3,(H,29,30,34). The third-order valence-corrected chi connectivity index (χ3v) is 8.33. The van der Waals surface area contributed by atoms with Gasteiger partial charge in [0.1, 0.15) is 0 Å². The van der Waals surface area contributed by atoms with Crippen molar-refractivity contribution < 1.29 is 9.59 Å². The zero-order chi connectivity index (χ0) is 24.2. The number of likely N-dealkylation sites (tertiary alicyclic amines) is 1. The first kappa shape index (κ1) is 21.9. The number of nitrogens with zero attached hydrogens (tertiary/aromatic N) is 5. The predicted octanol–water partition coefficient (Wildman–Crippen LogP) is 4.31. The van der Waals surface area contributed by atoms with Crippen LogP contribution in [0, 0.1) is 5.41 Å². The Balaban J connectivity index is 1.23. The molecule has 178 valence electrons. The maximum absolute atomic E-state index is 13.2. The zero-order valence-electron chi connectivity index (χ0n) is 19.5. The van der Waals surface area contributed by atoms with Gasteiger partial charge in [0, 0.05) is 24.8 Å². The van der Waals surface area contributed by atoms with Crippen LogP contribution in [-0.2, 0) is 4.79 Å². The number of anilines is 1. The number of carbonyl (C=O) groups excluding carboxylic acids is 2. The van der Waals surface area contributed by atoms with Gasteiger partial charge < -0.3 is 9.47 Å². The van der Waals surface area contributed by atoms with Crippen LogP contribution in [0.25, 0.3) is 11.0 Å². The summed E-state index contributed by atoms with van der Waals surface area (Å²) in [6, 6.07) is 11.9. The van der Waals surface area contributed by atoms with E-state index in [0.717, 1.165) is 54.0 Å². The lowest BCUT2D eigenvalue weighted by Gasteiger charge is -2.46. The van der Waals surface area contributed by atoms with Gasteiger partial charge in [-0.1, -0.05) is 18.7 Å². The van der Waals surface area contributed by atoms with Crippen LogP contribution < -0.4 is 5.32 Å². The van der Waals surface area contributed by atoms with Gasteiger partial charge in [-0.25, -0.2) is 9.98 Å². The summed E-state index contributed by atoms with van der Waals surface area (Å²) in [6.07, 6.45) is 4.31. The molecule has 1 aromatic carbocycles. The minimum Gasteiger partial charge on any atom is -0.339 e. The van der Waals surface area contributed by atoms with Crippen LogP contribution in [0.2, 0.25) is 0 Å². The summed E-state index contributed by atoms with van der Waals surface area (Å²) in [5, 5.41) is 3.06. The number of aliphatic imine (C=N–C) groups is 2. The Morgan fingerprint density at radius 2 is 2.06 bits per heavy atom. The van der Waals surface area contributed by atoms with E-state index in [0.29, 0.717) is 23.2 Å². The van der Waals surface area contributed by atoms with E-state index in [1.54, 1.807) is 0 Å². The summed E-state index contributed by atoms with van der Waals surface area (Å²) in [6.45, 7) is 7.74. The van der Waals surface area contributed by atoms with E-state index in [4.69, 9.17) is 4.98 Å². The van der Waals surface area contributed by atoms with Crippen LogP contribution in [0.15, 0.2) is 59.0 Å². The number of para-hydroxylation sites is 2. The van der Waals surface area contributed by atoms with E-state index < -0.39 is 0 Å². The number of hydrogen-bond donors (Lipinski definition) is 1. The van der Waals surface area contributed by atoms with Crippen LogP contribution in [0.5, 0.6) is 0 Å². The number of thiophene rings is 1. The second-order valence-electron chi connectivity index (χ2n) is 9.68. The van der Waals surface area contributed by atoms with Gasteiger partial charge in [0.05, 0.1) is 27.3 Å². The minimum absolute atomic E-state index is 0.00564. The van der Waals surface area contributed by atoms with Crippen molar-refractivity contribution in [2.75, 3.05) is 25.0 Å². The monoisotopic (exact) mass is 486 g/mol. The first-order valence-electron chi connectivity index (χ1n) is 11.8. The lowest BCUT2D eigenvalue weighted by molar-refractivity contribution is -0.125. The topological polar surface area (TPSA) is 92.0 Å². The third-order valence-electron chi connectivity index (χ3n) is 7.25. The normalized spacial score (nSPS) is 23.3. The van der Waals surface area contributed by atoms with Crippen LogP contribution in [0.4, 0.5) is 5.95 Å². The molecular formula is C26H26N6O2S. The molecule has 35 heavy (non-hydrogen) atoms. The highest BCUT2D eigenvalue weighted by Gasteiger charge is 2.50. The van der Waals surface area contributed by atoms with Crippen molar-refractivity contribution in [3.8, 4) is 0 Å². The van der Waals surface area contributed by atoms with Gasteiger partial charge in [-0.05, 0) is 61.9 Å². The molecule has 3 aliphatic rings. The van der Waals surface area contributed by atoms with Gasteiger partial charge in [-0.3, -0.25) is 19.9 Å². The largest absolute Gasteiger partial charge is 0.339 e. The van der Waals surface area contributed by atoms with E-state index in [1.807, 2.05) is 48.2 Å². The number of imidazole rings is 1. The van der Waals surface area contributed by atoms with Gasteiger partial charge in [-0.2, -0.15) is 0 Å². The highest BCUT2D eigenvalue weighted by Crippen LogP contribution is 2.55. The Labute approximate surface area is 207 Å². The number of amides is 2. The predicted molar refractivity (Wildman–Crippen MR) is 139 cm³/mol. The zero-order valence-corrected chi connectivity index (χ0v) is 20.3. The summed E-state index contributed by atoms with van der Waals surface area (Å²) < 4.78 is 2.17. The number of aromatic nitrogens is 2. The highest BCUT2D eigenvalue weighted by atomic mass is 32.1. The van der Waals surface area contributed by atoms with Gasteiger partial charge in [0.15, 0.2) is 5.84 Å².